The van der Waals surface area contributed by atoms with Gasteiger partial charge in [0.15, 0.2) is 0 Å². The number of rotatable bonds is 6. The van der Waals surface area contributed by atoms with E-state index in [0.29, 0.717) is 6.42 Å². The zero-order valence-corrected chi connectivity index (χ0v) is 10.7. The summed E-state index contributed by atoms with van der Waals surface area (Å²) in [7, 11) is 0. The minimum atomic E-state index is -0.237. The van der Waals surface area contributed by atoms with Gasteiger partial charge in [-0.05, 0) is 37.1 Å². The first-order valence-electron chi connectivity index (χ1n) is 6.44. The van der Waals surface area contributed by atoms with Gasteiger partial charge in [0.2, 0.25) is 5.91 Å². The molecule has 0 fully saturated rings. The van der Waals surface area contributed by atoms with Crippen molar-refractivity contribution in [1.82, 2.24) is 5.32 Å². The summed E-state index contributed by atoms with van der Waals surface area (Å²) in [6.45, 7) is 3.72. The van der Waals surface area contributed by atoms with Crippen molar-refractivity contribution < 1.29 is 9.53 Å². The van der Waals surface area contributed by atoms with E-state index >= 15 is 0 Å². The molecule has 0 saturated carbocycles. The summed E-state index contributed by atoms with van der Waals surface area (Å²) in [5.41, 5.74) is 7.65. The summed E-state index contributed by atoms with van der Waals surface area (Å²) >= 11 is 0. The first kappa shape index (κ1) is 12.9. The normalized spacial score (nSPS) is 14.9. The van der Waals surface area contributed by atoms with Crippen molar-refractivity contribution in [2.75, 3.05) is 13.2 Å². The molecule has 2 rings (SSSR count). The van der Waals surface area contributed by atoms with Crippen LogP contribution in [-0.2, 0) is 11.2 Å². The highest BCUT2D eigenvalue weighted by atomic mass is 16.5. The Hall–Kier alpha value is -1.55. The van der Waals surface area contributed by atoms with Crippen LogP contribution >= 0.6 is 0 Å². The van der Waals surface area contributed by atoms with Crippen LogP contribution in [0.2, 0.25) is 0 Å². The molecule has 0 saturated heterocycles. The fraction of sp³-hybridized carbons (Fsp3) is 0.500. The number of fused-ring (bicyclic) bond motifs is 1. The number of benzene rings is 1. The lowest BCUT2D eigenvalue weighted by molar-refractivity contribution is -0.118. The molecule has 3 N–H and O–H groups in total. The van der Waals surface area contributed by atoms with Crippen LogP contribution in [0.1, 0.15) is 36.9 Å². The van der Waals surface area contributed by atoms with Crippen molar-refractivity contribution in [2.45, 2.75) is 32.2 Å². The van der Waals surface area contributed by atoms with Gasteiger partial charge < -0.3 is 15.8 Å². The van der Waals surface area contributed by atoms with Gasteiger partial charge in [-0.1, -0.05) is 12.1 Å². The van der Waals surface area contributed by atoms with Gasteiger partial charge in [-0.15, -0.1) is 0 Å². The summed E-state index contributed by atoms with van der Waals surface area (Å²) < 4.78 is 5.49. The van der Waals surface area contributed by atoms with Crippen molar-refractivity contribution >= 4 is 5.91 Å². The van der Waals surface area contributed by atoms with Crippen molar-refractivity contribution in [3.05, 3.63) is 29.3 Å². The van der Waals surface area contributed by atoms with Gasteiger partial charge in [0.05, 0.1) is 6.61 Å². The molecule has 1 heterocycles. The highest BCUT2D eigenvalue weighted by Gasteiger charge is 2.14. The standard InChI is InChI=1S/C14H20N2O2/c1-10(16-7-2-3-14(15)17)11-4-5-13-12(9-11)6-8-18-13/h4-5,9-10,16H,2-3,6-8H2,1H3,(H2,15,17). The second-order valence-electron chi connectivity index (χ2n) is 4.71. The lowest BCUT2D eigenvalue weighted by Crippen LogP contribution is -2.21. The SMILES string of the molecule is CC(NCCCC(N)=O)c1ccc2c(c1)CCO2. The van der Waals surface area contributed by atoms with Crippen LogP contribution in [0.5, 0.6) is 5.75 Å². The smallest absolute Gasteiger partial charge is 0.217 e. The predicted octanol–water partition coefficient (Wildman–Crippen LogP) is 1.54. The van der Waals surface area contributed by atoms with Crippen molar-refractivity contribution in [3.63, 3.8) is 0 Å². The van der Waals surface area contributed by atoms with E-state index in [0.717, 1.165) is 31.7 Å². The van der Waals surface area contributed by atoms with Crippen LogP contribution in [0.15, 0.2) is 18.2 Å². The van der Waals surface area contributed by atoms with E-state index in [1.54, 1.807) is 0 Å². The first-order chi connectivity index (χ1) is 8.66. The van der Waals surface area contributed by atoms with Crippen molar-refractivity contribution in [1.29, 1.82) is 0 Å². The molecular formula is C14H20N2O2. The molecule has 4 heteroatoms. The molecule has 1 aliphatic heterocycles. The second kappa shape index (κ2) is 5.87. The Bertz CT molecular complexity index is 432. The first-order valence-corrected chi connectivity index (χ1v) is 6.44. The topological polar surface area (TPSA) is 64.3 Å². The number of hydrogen-bond acceptors (Lipinski definition) is 3. The number of hydrogen-bond donors (Lipinski definition) is 2. The van der Waals surface area contributed by atoms with Gasteiger partial charge in [-0.25, -0.2) is 0 Å². The van der Waals surface area contributed by atoms with Crippen molar-refractivity contribution in [2.24, 2.45) is 5.73 Å². The Labute approximate surface area is 108 Å². The molecule has 1 aromatic rings. The molecule has 98 valence electrons. The molecule has 1 amide bonds. The lowest BCUT2D eigenvalue weighted by atomic mass is 10.0. The number of carbonyl (C=O) groups is 1. The Morgan fingerprint density at radius 3 is 3.17 bits per heavy atom. The van der Waals surface area contributed by atoms with Crippen LogP contribution < -0.4 is 15.8 Å². The third-order valence-corrected chi connectivity index (χ3v) is 3.26. The molecule has 18 heavy (non-hydrogen) atoms. The van der Waals surface area contributed by atoms with E-state index < -0.39 is 0 Å². The zero-order valence-electron chi connectivity index (χ0n) is 10.7. The van der Waals surface area contributed by atoms with E-state index in [-0.39, 0.29) is 11.9 Å². The summed E-state index contributed by atoms with van der Waals surface area (Å²) in [5, 5.41) is 3.40. The molecule has 1 atom stereocenters. The second-order valence-corrected chi connectivity index (χ2v) is 4.71. The molecule has 0 aliphatic carbocycles. The third-order valence-electron chi connectivity index (χ3n) is 3.26. The summed E-state index contributed by atoms with van der Waals surface area (Å²) in [6, 6.07) is 6.62. The largest absolute Gasteiger partial charge is 0.493 e. The number of ether oxygens (including phenoxy) is 1. The quantitative estimate of drug-likeness (QED) is 0.750. The maximum Gasteiger partial charge on any atom is 0.217 e. The Balaban J connectivity index is 1.85. The zero-order chi connectivity index (χ0) is 13.0. The molecule has 1 aromatic carbocycles. The average Bonchev–Trinajstić information content (AvgIpc) is 2.81. The van der Waals surface area contributed by atoms with E-state index in [2.05, 4.69) is 24.4 Å². The van der Waals surface area contributed by atoms with E-state index in [1.807, 2.05) is 6.07 Å². The van der Waals surface area contributed by atoms with E-state index in [1.165, 1.54) is 11.1 Å². The molecule has 1 unspecified atom stereocenters. The maximum atomic E-state index is 10.6. The van der Waals surface area contributed by atoms with Crippen LogP contribution in [-0.4, -0.2) is 19.1 Å². The Kier molecular flexibility index (Phi) is 4.20. The maximum absolute atomic E-state index is 10.6. The van der Waals surface area contributed by atoms with Gasteiger partial charge in [0, 0.05) is 18.9 Å². The average molecular weight is 248 g/mol. The minimum Gasteiger partial charge on any atom is -0.493 e. The number of amides is 1. The van der Waals surface area contributed by atoms with E-state index in [9.17, 15) is 4.79 Å². The van der Waals surface area contributed by atoms with Gasteiger partial charge in [0.1, 0.15) is 5.75 Å². The summed E-state index contributed by atoms with van der Waals surface area (Å²) in [6.07, 6.45) is 2.23. The lowest BCUT2D eigenvalue weighted by Gasteiger charge is -2.14. The van der Waals surface area contributed by atoms with Crippen LogP contribution in [0.4, 0.5) is 0 Å². The van der Waals surface area contributed by atoms with Crippen LogP contribution in [0, 0.1) is 0 Å². The number of primary amides is 1. The number of carbonyl (C=O) groups excluding carboxylic acids is 1. The molecule has 1 aliphatic rings. The Morgan fingerprint density at radius 2 is 2.39 bits per heavy atom. The van der Waals surface area contributed by atoms with E-state index in [4.69, 9.17) is 10.5 Å². The molecule has 4 nitrogen and oxygen atoms in total. The summed E-state index contributed by atoms with van der Waals surface area (Å²) in [4.78, 5) is 10.6. The number of nitrogens with two attached hydrogens (primary N) is 1. The molecular weight excluding hydrogens is 228 g/mol. The fourth-order valence-corrected chi connectivity index (χ4v) is 2.17. The van der Waals surface area contributed by atoms with Crippen LogP contribution in [0.25, 0.3) is 0 Å². The molecule has 0 aromatic heterocycles. The van der Waals surface area contributed by atoms with Crippen LogP contribution in [0.3, 0.4) is 0 Å². The van der Waals surface area contributed by atoms with Gasteiger partial charge in [0.25, 0.3) is 0 Å². The highest BCUT2D eigenvalue weighted by molar-refractivity contribution is 5.73. The number of nitrogens with one attached hydrogen (secondary N) is 1. The van der Waals surface area contributed by atoms with Crippen molar-refractivity contribution in [3.8, 4) is 5.75 Å². The Morgan fingerprint density at radius 1 is 1.56 bits per heavy atom. The summed E-state index contributed by atoms with van der Waals surface area (Å²) in [5.74, 6) is 0.777. The highest BCUT2D eigenvalue weighted by Crippen LogP contribution is 2.27. The third kappa shape index (κ3) is 3.23. The van der Waals surface area contributed by atoms with Gasteiger partial charge in [-0.2, -0.15) is 0 Å². The monoisotopic (exact) mass is 248 g/mol. The van der Waals surface area contributed by atoms with Gasteiger partial charge >= 0.3 is 0 Å². The van der Waals surface area contributed by atoms with Gasteiger partial charge in [-0.3, -0.25) is 4.79 Å². The molecule has 0 spiro atoms. The molecule has 0 radical (unpaired) electrons. The fourth-order valence-electron chi connectivity index (χ4n) is 2.17. The predicted molar refractivity (Wildman–Crippen MR) is 70.5 cm³/mol. The molecule has 0 bridgehead atoms. The minimum absolute atomic E-state index is 0.237.